The van der Waals surface area contributed by atoms with Gasteiger partial charge in [0.15, 0.2) is 0 Å². The summed E-state index contributed by atoms with van der Waals surface area (Å²) in [5.41, 5.74) is 3.17. The van der Waals surface area contributed by atoms with Gasteiger partial charge < -0.3 is 15.1 Å². The number of fused-ring (bicyclic) bond motifs is 1. The lowest BCUT2D eigenvalue weighted by Crippen LogP contribution is -2.17. The third kappa shape index (κ3) is 2.72. The fourth-order valence-electron chi connectivity index (χ4n) is 3.35. The Hall–Kier alpha value is -3.26. The number of phenols is 2. The third-order valence-electron chi connectivity index (χ3n) is 4.64. The number of pyridine rings is 1. The van der Waals surface area contributed by atoms with Crippen molar-refractivity contribution >= 4 is 16.6 Å². The minimum atomic E-state index is 0.0160. The van der Waals surface area contributed by atoms with Crippen LogP contribution in [0.5, 0.6) is 11.5 Å². The van der Waals surface area contributed by atoms with Crippen molar-refractivity contribution < 1.29 is 10.2 Å². The quantitative estimate of drug-likeness (QED) is 0.698. The van der Waals surface area contributed by atoms with E-state index in [0.29, 0.717) is 22.3 Å². The molecular weight excluding hydrogens is 314 g/mol. The molecule has 4 rings (SSSR count). The lowest BCUT2D eigenvalue weighted by Gasteiger charge is -2.18. The van der Waals surface area contributed by atoms with Crippen LogP contribution in [-0.4, -0.2) is 28.3 Å². The smallest absolute Gasteiger partial charge is 0.125 e. The van der Waals surface area contributed by atoms with E-state index in [9.17, 15) is 15.5 Å². The molecule has 2 aromatic carbocycles. The lowest BCUT2D eigenvalue weighted by molar-refractivity contribution is 0.461. The van der Waals surface area contributed by atoms with Crippen molar-refractivity contribution in [3.63, 3.8) is 0 Å². The Kier molecular flexibility index (Phi) is 3.66. The van der Waals surface area contributed by atoms with Crippen LogP contribution in [0, 0.1) is 11.3 Å². The van der Waals surface area contributed by atoms with Crippen LogP contribution in [0.15, 0.2) is 42.5 Å². The van der Waals surface area contributed by atoms with Crippen molar-refractivity contribution in [2.24, 2.45) is 0 Å². The first-order valence-electron chi connectivity index (χ1n) is 8.28. The first-order chi connectivity index (χ1) is 12.2. The van der Waals surface area contributed by atoms with E-state index in [0.717, 1.165) is 24.2 Å². The van der Waals surface area contributed by atoms with Crippen LogP contribution in [-0.2, 0) is 0 Å². The van der Waals surface area contributed by atoms with Gasteiger partial charge in [0.2, 0.25) is 0 Å². The van der Waals surface area contributed by atoms with Gasteiger partial charge in [0.05, 0.1) is 22.8 Å². The molecular formula is C20H17N3O2. The van der Waals surface area contributed by atoms with Crippen molar-refractivity contribution in [2.75, 3.05) is 18.0 Å². The van der Waals surface area contributed by atoms with Crippen molar-refractivity contribution in [1.82, 2.24) is 4.98 Å². The van der Waals surface area contributed by atoms with Crippen LogP contribution >= 0.6 is 0 Å². The van der Waals surface area contributed by atoms with Gasteiger partial charge in [-0.3, -0.25) is 0 Å². The Labute approximate surface area is 145 Å². The topological polar surface area (TPSA) is 80.4 Å². The molecule has 124 valence electrons. The highest BCUT2D eigenvalue weighted by molar-refractivity contribution is 5.90. The summed E-state index contributed by atoms with van der Waals surface area (Å²) < 4.78 is 0. The zero-order valence-corrected chi connectivity index (χ0v) is 13.6. The number of aromatic nitrogens is 1. The molecule has 0 amide bonds. The van der Waals surface area contributed by atoms with Crippen LogP contribution in [0.25, 0.3) is 22.2 Å². The first-order valence-corrected chi connectivity index (χ1v) is 8.28. The lowest BCUT2D eigenvalue weighted by atomic mass is 10.0. The number of benzene rings is 2. The van der Waals surface area contributed by atoms with Gasteiger partial charge >= 0.3 is 0 Å². The average molecular weight is 331 g/mol. The third-order valence-corrected chi connectivity index (χ3v) is 4.64. The molecule has 1 fully saturated rings. The maximum absolute atomic E-state index is 10.1. The predicted molar refractivity (Wildman–Crippen MR) is 96.7 cm³/mol. The molecule has 3 aromatic rings. The Morgan fingerprint density at radius 1 is 1.00 bits per heavy atom. The molecule has 1 aliphatic heterocycles. The Morgan fingerprint density at radius 2 is 1.80 bits per heavy atom. The van der Waals surface area contributed by atoms with Gasteiger partial charge in [0.1, 0.15) is 11.5 Å². The van der Waals surface area contributed by atoms with Gasteiger partial charge in [-0.15, -0.1) is 0 Å². The van der Waals surface area contributed by atoms with E-state index in [4.69, 9.17) is 0 Å². The summed E-state index contributed by atoms with van der Waals surface area (Å²) in [5.74, 6) is 0.0554. The van der Waals surface area contributed by atoms with Gasteiger partial charge in [0.25, 0.3) is 0 Å². The monoisotopic (exact) mass is 331 g/mol. The van der Waals surface area contributed by atoms with Crippen LogP contribution in [0.4, 0.5) is 5.69 Å². The molecule has 0 bridgehead atoms. The molecule has 0 spiro atoms. The summed E-state index contributed by atoms with van der Waals surface area (Å²) in [7, 11) is 0. The summed E-state index contributed by atoms with van der Waals surface area (Å²) in [4.78, 5) is 6.90. The molecule has 0 aliphatic carbocycles. The fourth-order valence-corrected chi connectivity index (χ4v) is 3.35. The number of nitriles is 1. The molecule has 0 atom stereocenters. The molecule has 5 heteroatoms. The number of nitrogens with zero attached hydrogens (tertiary/aromatic N) is 3. The SMILES string of the molecule is N#Cc1cc(-c2cc(O)ccc2O)nc2ccc(N3CCCC3)cc12. The summed E-state index contributed by atoms with van der Waals surface area (Å²) in [6, 6.07) is 14.1. The van der Waals surface area contributed by atoms with Gasteiger partial charge in [-0.1, -0.05) is 0 Å². The van der Waals surface area contributed by atoms with Gasteiger partial charge in [-0.25, -0.2) is 4.98 Å². The average Bonchev–Trinajstić information content (AvgIpc) is 3.17. The van der Waals surface area contributed by atoms with E-state index < -0.39 is 0 Å². The van der Waals surface area contributed by atoms with Crippen molar-refractivity contribution in [3.05, 3.63) is 48.0 Å². The predicted octanol–water partition coefficient (Wildman–Crippen LogP) is 3.78. The summed E-state index contributed by atoms with van der Waals surface area (Å²) in [5, 5.41) is 30.1. The molecule has 1 saturated heterocycles. The zero-order chi connectivity index (χ0) is 17.4. The Balaban J connectivity index is 1.88. The highest BCUT2D eigenvalue weighted by atomic mass is 16.3. The van der Waals surface area contributed by atoms with E-state index >= 15 is 0 Å². The minimum absolute atomic E-state index is 0.0160. The molecule has 2 N–H and O–H groups in total. The van der Waals surface area contributed by atoms with Gasteiger partial charge in [0, 0.05) is 29.7 Å². The van der Waals surface area contributed by atoms with Crippen LogP contribution < -0.4 is 4.90 Å². The normalized spacial score (nSPS) is 14.0. The summed E-state index contributed by atoms with van der Waals surface area (Å²) in [6.45, 7) is 2.08. The molecule has 1 aliphatic rings. The first kappa shape index (κ1) is 15.3. The number of anilines is 1. The van der Waals surface area contributed by atoms with Crippen molar-refractivity contribution in [1.29, 1.82) is 5.26 Å². The molecule has 0 unspecified atom stereocenters. The van der Waals surface area contributed by atoms with Crippen molar-refractivity contribution in [2.45, 2.75) is 12.8 Å². The highest BCUT2D eigenvalue weighted by Crippen LogP contribution is 2.34. The number of aromatic hydroxyl groups is 2. The molecule has 0 saturated carbocycles. The summed E-state index contributed by atoms with van der Waals surface area (Å²) >= 11 is 0. The number of rotatable bonds is 2. The second-order valence-electron chi connectivity index (χ2n) is 6.26. The van der Waals surface area contributed by atoms with Gasteiger partial charge in [-0.05, 0) is 55.3 Å². The standard InChI is InChI=1S/C20H17N3O2/c21-12-13-9-19(17-11-15(24)4-6-20(17)25)22-18-5-3-14(10-16(13)18)23-7-1-2-8-23/h3-6,9-11,24-25H,1-2,7-8H2. The van der Waals surface area contributed by atoms with E-state index in [-0.39, 0.29) is 11.5 Å². The van der Waals surface area contributed by atoms with E-state index in [2.05, 4.69) is 16.0 Å². The number of phenolic OH excluding ortho intramolecular Hbond substituents is 2. The Bertz CT molecular complexity index is 1000. The molecule has 5 nitrogen and oxygen atoms in total. The summed E-state index contributed by atoms with van der Waals surface area (Å²) in [6.07, 6.45) is 2.38. The molecule has 25 heavy (non-hydrogen) atoms. The van der Waals surface area contributed by atoms with Crippen LogP contribution in [0.2, 0.25) is 0 Å². The minimum Gasteiger partial charge on any atom is -0.508 e. The van der Waals surface area contributed by atoms with Gasteiger partial charge in [-0.2, -0.15) is 5.26 Å². The molecule has 1 aromatic heterocycles. The second kappa shape index (κ2) is 5.99. The maximum atomic E-state index is 10.1. The number of hydrogen-bond acceptors (Lipinski definition) is 5. The van der Waals surface area contributed by atoms with Crippen LogP contribution in [0.1, 0.15) is 18.4 Å². The van der Waals surface area contributed by atoms with E-state index in [1.54, 1.807) is 6.07 Å². The van der Waals surface area contributed by atoms with E-state index in [1.807, 2.05) is 18.2 Å². The second-order valence-corrected chi connectivity index (χ2v) is 6.26. The van der Waals surface area contributed by atoms with Crippen molar-refractivity contribution in [3.8, 4) is 28.8 Å². The Morgan fingerprint density at radius 3 is 2.56 bits per heavy atom. The number of hydrogen-bond donors (Lipinski definition) is 2. The molecule has 0 radical (unpaired) electrons. The van der Waals surface area contributed by atoms with Crippen LogP contribution in [0.3, 0.4) is 0 Å². The highest BCUT2D eigenvalue weighted by Gasteiger charge is 2.15. The fraction of sp³-hybridized carbons (Fsp3) is 0.200. The molecule has 2 heterocycles. The maximum Gasteiger partial charge on any atom is 0.125 e. The zero-order valence-electron chi connectivity index (χ0n) is 13.6. The largest absolute Gasteiger partial charge is 0.508 e. The van der Waals surface area contributed by atoms with E-state index in [1.165, 1.54) is 31.0 Å².